The van der Waals surface area contributed by atoms with Gasteiger partial charge >= 0.3 is 0 Å². The monoisotopic (exact) mass is 462 g/mol. The molecule has 0 bridgehead atoms. The summed E-state index contributed by atoms with van der Waals surface area (Å²) in [6.45, 7) is 1.62. The van der Waals surface area contributed by atoms with Gasteiger partial charge in [-0.05, 0) is 19.1 Å². The first kappa shape index (κ1) is 21.1. The number of nitrogens with zero attached hydrogens (tertiary/aromatic N) is 1. The van der Waals surface area contributed by atoms with Gasteiger partial charge in [0, 0.05) is 21.5 Å². The second-order valence-corrected chi connectivity index (χ2v) is 8.73. The van der Waals surface area contributed by atoms with Crippen molar-refractivity contribution >= 4 is 44.4 Å². The molecule has 3 heterocycles. The van der Waals surface area contributed by atoms with Crippen LogP contribution in [-0.2, 0) is 4.74 Å². The molecule has 0 spiro atoms. The predicted octanol–water partition coefficient (Wildman–Crippen LogP) is 1.84. The van der Waals surface area contributed by atoms with Crippen molar-refractivity contribution in [3.05, 3.63) is 53.6 Å². The average Bonchev–Trinajstić information content (AvgIpc) is 3.33. The van der Waals surface area contributed by atoms with Crippen LogP contribution in [0.5, 0.6) is 5.75 Å². The number of aliphatic hydroxyl groups excluding tert-OH is 3. The highest BCUT2D eigenvalue weighted by atomic mass is 16.5. The molecule has 2 aliphatic heterocycles. The molecule has 0 saturated carbocycles. The normalized spacial score (nSPS) is 26.9. The minimum Gasteiger partial charge on any atom is -0.496 e. The zero-order valence-corrected chi connectivity index (χ0v) is 18.4. The molecular weight excluding hydrogens is 440 g/mol. The minimum atomic E-state index is -1.45. The molecule has 9 nitrogen and oxygen atoms in total. The van der Waals surface area contributed by atoms with E-state index in [1.165, 1.54) is 7.11 Å². The van der Waals surface area contributed by atoms with E-state index in [4.69, 9.17) is 9.47 Å². The number of hydrogen-bond acceptors (Lipinski definition) is 7. The number of amides is 2. The lowest BCUT2D eigenvalue weighted by Gasteiger charge is -2.40. The summed E-state index contributed by atoms with van der Waals surface area (Å²) in [5.74, 6) is -0.602. The van der Waals surface area contributed by atoms with E-state index >= 15 is 0 Å². The second-order valence-electron chi connectivity index (χ2n) is 8.73. The summed E-state index contributed by atoms with van der Waals surface area (Å²) in [7, 11) is 1.49. The lowest BCUT2D eigenvalue weighted by atomic mass is 9.94. The Bertz CT molecular complexity index is 1520. The molecule has 0 aliphatic carbocycles. The Morgan fingerprint density at radius 3 is 2.29 bits per heavy atom. The van der Waals surface area contributed by atoms with E-state index in [0.29, 0.717) is 38.3 Å². The molecule has 2 amide bonds. The fourth-order valence-electron chi connectivity index (χ4n) is 5.38. The Balaban J connectivity index is 1.84. The van der Waals surface area contributed by atoms with Crippen molar-refractivity contribution in [1.29, 1.82) is 0 Å². The molecule has 1 aromatic heterocycles. The predicted molar refractivity (Wildman–Crippen MR) is 123 cm³/mol. The number of fused-ring (bicyclic) bond motifs is 8. The SMILES string of the molecule is COc1cccc2c1c1c(c3c4ccccc4n(C4O[C@H](C)[C@@H](O)[C@H](O)[C@@H]4O)c23)C(=O)NC1=O. The highest BCUT2D eigenvalue weighted by molar-refractivity contribution is 6.37. The number of rotatable bonds is 2. The number of hydrogen-bond donors (Lipinski definition) is 4. The first-order chi connectivity index (χ1) is 16.3. The van der Waals surface area contributed by atoms with Gasteiger partial charge < -0.3 is 29.4 Å². The van der Waals surface area contributed by atoms with Gasteiger partial charge in [-0.1, -0.05) is 30.3 Å². The quantitative estimate of drug-likeness (QED) is 0.335. The summed E-state index contributed by atoms with van der Waals surface area (Å²) in [5.41, 5.74) is 1.66. The maximum absolute atomic E-state index is 13.0. The number of methoxy groups -OCH3 is 1. The third-order valence-electron chi connectivity index (χ3n) is 6.92. The average molecular weight is 462 g/mol. The Hall–Kier alpha value is -3.50. The standard InChI is InChI=1S/C25H22N2O7/c1-10-20(28)21(29)22(30)25(34-10)27-13-8-4-3-6-11(13)16-18-17(23(31)26-24(18)32)15-12(19(16)27)7-5-9-14(15)33-2/h3-10,20-22,25,28-30H,1-2H3,(H,26,31,32)/t10-,20-,21+,22+,25?/m1/s1. The Morgan fingerprint density at radius 1 is 0.882 bits per heavy atom. The summed E-state index contributed by atoms with van der Waals surface area (Å²) in [5, 5.41) is 36.5. The molecule has 4 aromatic rings. The van der Waals surface area contributed by atoms with Gasteiger partial charge in [-0.2, -0.15) is 0 Å². The number of imide groups is 1. The van der Waals surface area contributed by atoms with Crippen molar-refractivity contribution in [1.82, 2.24) is 9.88 Å². The van der Waals surface area contributed by atoms with Crippen molar-refractivity contribution in [2.45, 2.75) is 37.6 Å². The fourth-order valence-corrected chi connectivity index (χ4v) is 5.38. The highest BCUT2D eigenvalue weighted by Gasteiger charge is 2.44. The first-order valence-corrected chi connectivity index (χ1v) is 11.0. The molecule has 2 aliphatic rings. The topological polar surface area (TPSA) is 130 Å². The van der Waals surface area contributed by atoms with Crippen LogP contribution in [-0.4, -0.2) is 63.2 Å². The zero-order valence-electron chi connectivity index (χ0n) is 18.4. The van der Waals surface area contributed by atoms with E-state index in [2.05, 4.69) is 5.32 Å². The van der Waals surface area contributed by atoms with Crippen LogP contribution in [0.25, 0.3) is 32.6 Å². The van der Waals surface area contributed by atoms with Crippen molar-refractivity contribution in [2.24, 2.45) is 0 Å². The summed E-state index contributed by atoms with van der Waals surface area (Å²) in [6, 6.07) is 12.6. The van der Waals surface area contributed by atoms with E-state index < -0.39 is 42.5 Å². The number of carbonyl (C=O) groups excluding carboxylic acids is 2. The second kappa shape index (κ2) is 7.25. The minimum absolute atomic E-state index is 0.228. The van der Waals surface area contributed by atoms with Gasteiger partial charge in [-0.3, -0.25) is 14.9 Å². The van der Waals surface area contributed by atoms with Crippen LogP contribution < -0.4 is 10.1 Å². The molecule has 174 valence electrons. The van der Waals surface area contributed by atoms with Crippen LogP contribution in [0.1, 0.15) is 33.9 Å². The largest absolute Gasteiger partial charge is 0.496 e. The van der Waals surface area contributed by atoms with Crippen LogP contribution in [0, 0.1) is 0 Å². The number of aliphatic hydroxyl groups is 3. The Morgan fingerprint density at radius 2 is 1.56 bits per heavy atom. The third kappa shape index (κ3) is 2.57. The van der Waals surface area contributed by atoms with E-state index in [-0.39, 0.29) is 11.1 Å². The molecule has 3 aromatic carbocycles. The Labute approximate surface area is 193 Å². The third-order valence-corrected chi connectivity index (χ3v) is 6.92. The van der Waals surface area contributed by atoms with Crippen LogP contribution in [0.4, 0.5) is 0 Å². The molecule has 34 heavy (non-hydrogen) atoms. The van der Waals surface area contributed by atoms with Gasteiger partial charge in [0.25, 0.3) is 11.8 Å². The zero-order chi connectivity index (χ0) is 23.9. The van der Waals surface area contributed by atoms with E-state index in [1.807, 2.05) is 30.3 Å². The molecule has 9 heteroatoms. The van der Waals surface area contributed by atoms with Crippen LogP contribution >= 0.6 is 0 Å². The van der Waals surface area contributed by atoms with Gasteiger partial charge in [0.1, 0.15) is 24.1 Å². The Kier molecular flexibility index (Phi) is 4.49. The fraction of sp³-hybridized carbons (Fsp3) is 0.280. The maximum Gasteiger partial charge on any atom is 0.259 e. The van der Waals surface area contributed by atoms with E-state index in [9.17, 15) is 24.9 Å². The van der Waals surface area contributed by atoms with Crippen molar-refractivity contribution in [3.8, 4) is 5.75 Å². The van der Waals surface area contributed by atoms with Crippen molar-refractivity contribution in [2.75, 3.05) is 7.11 Å². The van der Waals surface area contributed by atoms with Gasteiger partial charge in [-0.15, -0.1) is 0 Å². The number of benzene rings is 3. The highest BCUT2D eigenvalue weighted by Crippen LogP contribution is 2.46. The molecule has 1 saturated heterocycles. The van der Waals surface area contributed by atoms with E-state index in [0.717, 1.165) is 0 Å². The maximum atomic E-state index is 13.0. The van der Waals surface area contributed by atoms with Crippen molar-refractivity contribution in [3.63, 3.8) is 0 Å². The van der Waals surface area contributed by atoms with Crippen LogP contribution in [0.2, 0.25) is 0 Å². The summed E-state index contributed by atoms with van der Waals surface area (Å²) in [4.78, 5) is 25.9. The number of ether oxygens (including phenoxy) is 2. The molecule has 5 atom stereocenters. The molecule has 0 radical (unpaired) electrons. The van der Waals surface area contributed by atoms with E-state index in [1.54, 1.807) is 23.6 Å². The molecule has 1 fully saturated rings. The summed E-state index contributed by atoms with van der Waals surface area (Å²) in [6.07, 6.45) is -5.98. The first-order valence-electron chi connectivity index (χ1n) is 11.0. The molecule has 4 N–H and O–H groups in total. The van der Waals surface area contributed by atoms with Gasteiger partial charge in [0.15, 0.2) is 6.23 Å². The van der Waals surface area contributed by atoms with Gasteiger partial charge in [0.05, 0.1) is 35.4 Å². The number of para-hydroxylation sites is 1. The molecule has 1 unspecified atom stereocenters. The summed E-state index contributed by atoms with van der Waals surface area (Å²) >= 11 is 0. The molecular formula is C25H22N2O7. The lowest BCUT2D eigenvalue weighted by Crippen LogP contribution is -2.54. The van der Waals surface area contributed by atoms with Crippen molar-refractivity contribution < 1.29 is 34.4 Å². The lowest BCUT2D eigenvalue weighted by molar-refractivity contribution is -0.238. The number of nitrogens with one attached hydrogen (secondary N) is 1. The number of carbonyl (C=O) groups is 2. The van der Waals surface area contributed by atoms with Gasteiger partial charge in [-0.25, -0.2) is 0 Å². The van der Waals surface area contributed by atoms with Crippen LogP contribution in [0.15, 0.2) is 42.5 Å². The van der Waals surface area contributed by atoms with Crippen LogP contribution in [0.3, 0.4) is 0 Å². The smallest absolute Gasteiger partial charge is 0.259 e. The number of aromatic nitrogens is 1. The van der Waals surface area contributed by atoms with Gasteiger partial charge in [0.2, 0.25) is 0 Å². The summed E-state index contributed by atoms with van der Waals surface area (Å²) < 4.78 is 13.3. The molecule has 6 rings (SSSR count).